The zero-order valence-corrected chi connectivity index (χ0v) is 28.5. The molecule has 0 amide bonds. The van der Waals surface area contributed by atoms with E-state index in [4.69, 9.17) is 5.11 Å². The number of rotatable bonds is 12. The molecule has 4 rings (SSSR count). The maximum Gasteiger partial charge on any atom is 1.00 e. The number of carboxylic acids is 1. The fourth-order valence-electron chi connectivity index (χ4n) is 5.82. The summed E-state index contributed by atoms with van der Waals surface area (Å²) >= 11 is 0. The molecule has 0 unspecified atom stereocenters. The smallest absolute Gasteiger partial charge is 1.00 e. The van der Waals surface area contributed by atoms with Gasteiger partial charge in [-0.1, -0.05) is 32.9 Å². The Morgan fingerprint density at radius 3 is 1.98 bits per heavy atom. The number of hydrogen-bond acceptors (Lipinski definition) is 5. The molecule has 2 aromatic carbocycles. The maximum absolute atomic E-state index is 14.6. The van der Waals surface area contributed by atoms with Gasteiger partial charge in [-0.3, -0.25) is 4.79 Å². The second-order valence-electron chi connectivity index (χ2n) is 11.8. The molecule has 1 aliphatic rings. The molecule has 236 valence electrons. The third-order valence-corrected chi connectivity index (χ3v) is 10.0. The number of carboxylic acid groups (broad SMARTS) is 1. The fourth-order valence-corrected chi connectivity index (χ4v) is 7.85. The van der Waals surface area contributed by atoms with E-state index >= 15 is 0 Å². The van der Waals surface area contributed by atoms with E-state index in [9.17, 15) is 32.2 Å². The van der Waals surface area contributed by atoms with Crippen molar-refractivity contribution in [2.45, 2.75) is 82.4 Å². The second kappa shape index (κ2) is 15.4. The summed E-state index contributed by atoms with van der Waals surface area (Å²) in [5, 5.41) is 29.8. The van der Waals surface area contributed by atoms with E-state index in [2.05, 4.69) is 6.92 Å². The van der Waals surface area contributed by atoms with Crippen LogP contribution in [0.5, 0.6) is 0 Å². The minimum absolute atomic E-state index is 0. The fraction of sp³-hybridized carbons (Fsp3) is 0.469. The van der Waals surface area contributed by atoms with Gasteiger partial charge in [-0.15, -0.1) is 0 Å². The van der Waals surface area contributed by atoms with Gasteiger partial charge in [0.15, 0.2) is 0 Å². The summed E-state index contributed by atoms with van der Waals surface area (Å²) in [6.45, 7) is 6.69. The standard InChI is InChI=1S/C32H40F2N2O6S.Na.H/c1-20(2)30-32(43(41,42)35-15-12-21(3)13-16-35)29(22-4-8-24(33)9-5-22)31(23-6-10-25(34)11-7-23)36(30)17-14-26(37)18-27(38)19-28(39)40;;/h4-11,20-21,26-27,37-38H,12-19H2,1-3H3,(H,39,40);;/q;+1;-1/t26-,27-;;/m1../s1. The Labute approximate surface area is 281 Å². The third kappa shape index (κ3) is 8.37. The van der Waals surface area contributed by atoms with Crippen molar-refractivity contribution in [2.75, 3.05) is 13.1 Å². The molecule has 2 heterocycles. The number of aliphatic hydroxyl groups is 2. The van der Waals surface area contributed by atoms with Crippen LogP contribution in [0.4, 0.5) is 8.78 Å². The molecule has 3 N–H and O–H groups in total. The van der Waals surface area contributed by atoms with Crippen molar-refractivity contribution in [3.63, 3.8) is 0 Å². The van der Waals surface area contributed by atoms with Crippen molar-refractivity contribution in [3.8, 4) is 22.4 Å². The molecule has 0 saturated carbocycles. The average molecular weight is 643 g/mol. The summed E-state index contributed by atoms with van der Waals surface area (Å²) in [6.07, 6.45) is -1.47. The van der Waals surface area contributed by atoms with Gasteiger partial charge in [-0.05, 0) is 85.0 Å². The number of benzene rings is 2. The molecule has 1 saturated heterocycles. The summed E-state index contributed by atoms with van der Waals surface area (Å²) in [6, 6.07) is 11.3. The summed E-state index contributed by atoms with van der Waals surface area (Å²) in [5.74, 6) is -2.04. The molecule has 2 atom stereocenters. The first-order valence-corrected chi connectivity index (χ1v) is 16.1. The van der Waals surface area contributed by atoms with E-state index < -0.39 is 46.3 Å². The second-order valence-corrected chi connectivity index (χ2v) is 13.6. The van der Waals surface area contributed by atoms with E-state index in [0.29, 0.717) is 47.1 Å². The van der Waals surface area contributed by atoms with Crippen LogP contribution in [-0.4, -0.2) is 63.9 Å². The molecule has 1 fully saturated rings. The van der Waals surface area contributed by atoms with E-state index in [0.717, 1.165) is 12.8 Å². The van der Waals surface area contributed by atoms with Gasteiger partial charge in [0, 0.05) is 30.9 Å². The van der Waals surface area contributed by atoms with Crippen molar-refractivity contribution < 1.29 is 68.3 Å². The van der Waals surface area contributed by atoms with Crippen LogP contribution in [0, 0.1) is 17.6 Å². The summed E-state index contributed by atoms with van der Waals surface area (Å²) in [5.41, 5.74) is 2.36. The van der Waals surface area contributed by atoms with Gasteiger partial charge in [0.25, 0.3) is 0 Å². The minimum Gasteiger partial charge on any atom is -1.00 e. The van der Waals surface area contributed by atoms with Gasteiger partial charge in [0.2, 0.25) is 10.0 Å². The first kappa shape index (κ1) is 36.3. The Kier molecular flexibility index (Phi) is 12.8. The van der Waals surface area contributed by atoms with Gasteiger partial charge in [-0.2, -0.15) is 4.31 Å². The largest absolute Gasteiger partial charge is 1.00 e. The molecule has 0 bridgehead atoms. The number of aliphatic hydroxyl groups excluding tert-OH is 2. The Morgan fingerprint density at radius 2 is 1.48 bits per heavy atom. The molecular formula is C32H41F2N2NaO6S. The summed E-state index contributed by atoms with van der Waals surface area (Å²) in [4.78, 5) is 11.1. The van der Waals surface area contributed by atoms with Gasteiger partial charge in [-0.25, -0.2) is 17.2 Å². The number of sulfonamides is 1. The van der Waals surface area contributed by atoms with Crippen LogP contribution in [0.15, 0.2) is 53.4 Å². The van der Waals surface area contributed by atoms with E-state index in [1.807, 2.05) is 18.4 Å². The average Bonchev–Trinajstić information content (AvgIpc) is 3.29. The van der Waals surface area contributed by atoms with Crippen molar-refractivity contribution in [1.29, 1.82) is 0 Å². The van der Waals surface area contributed by atoms with Crippen molar-refractivity contribution in [3.05, 3.63) is 65.9 Å². The van der Waals surface area contributed by atoms with Crippen molar-refractivity contribution in [1.82, 2.24) is 8.87 Å². The Hall–Kier alpha value is -2.12. The van der Waals surface area contributed by atoms with Crippen LogP contribution in [0.2, 0.25) is 0 Å². The molecule has 1 aliphatic heterocycles. The van der Waals surface area contributed by atoms with Crippen LogP contribution in [0.1, 0.15) is 65.9 Å². The maximum atomic E-state index is 14.6. The van der Waals surface area contributed by atoms with E-state index in [1.165, 1.54) is 40.7 Å². The molecule has 0 spiro atoms. The number of carbonyl (C=O) groups is 1. The predicted octanol–water partition coefficient (Wildman–Crippen LogP) is 2.74. The SMILES string of the molecule is CC1CCN(S(=O)(=O)c2c(-c3ccc(F)cc3)c(-c3ccc(F)cc3)n(CC[C@@H](O)C[C@@H](O)CC(=O)O)c2C(C)C)CC1.[H-].[Na+]. The zero-order valence-electron chi connectivity index (χ0n) is 26.7. The normalized spacial score (nSPS) is 16.1. The Bertz CT molecular complexity index is 1530. The molecule has 8 nitrogen and oxygen atoms in total. The zero-order chi connectivity index (χ0) is 31.5. The number of hydrogen-bond donors (Lipinski definition) is 3. The van der Waals surface area contributed by atoms with E-state index in [-0.39, 0.29) is 61.2 Å². The van der Waals surface area contributed by atoms with Gasteiger partial charge >= 0.3 is 35.5 Å². The molecular weight excluding hydrogens is 601 g/mol. The first-order chi connectivity index (χ1) is 20.3. The van der Waals surface area contributed by atoms with Crippen LogP contribution >= 0.6 is 0 Å². The van der Waals surface area contributed by atoms with Crippen LogP contribution < -0.4 is 29.6 Å². The van der Waals surface area contributed by atoms with Crippen molar-refractivity contribution in [2.24, 2.45) is 5.92 Å². The third-order valence-electron chi connectivity index (χ3n) is 8.04. The number of nitrogens with zero attached hydrogens (tertiary/aromatic N) is 2. The number of aromatic nitrogens is 1. The van der Waals surface area contributed by atoms with Gasteiger partial charge < -0.3 is 21.3 Å². The number of piperidine rings is 1. The number of halogens is 2. The summed E-state index contributed by atoms with van der Waals surface area (Å²) < 4.78 is 60.6. The van der Waals surface area contributed by atoms with Gasteiger partial charge in [0.1, 0.15) is 16.5 Å². The van der Waals surface area contributed by atoms with Crippen LogP contribution in [0.25, 0.3) is 22.4 Å². The van der Waals surface area contributed by atoms with Crippen LogP contribution in [0.3, 0.4) is 0 Å². The molecule has 1 aromatic heterocycles. The molecule has 0 aliphatic carbocycles. The summed E-state index contributed by atoms with van der Waals surface area (Å²) in [7, 11) is -4.06. The first-order valence-electron chi connectivity index (χ1n) is 14.7. The van der Waals surface area contributed by atoms with Gasteiger partial charge in [0.05, 0.1) is 24.3 Å². The Balaban J connectivity index is 0.00000353. The topological polar surface area (TPSA) is 120 Å². The number of aliphatic carboxylic acids is 1. The Morgan fingerprint density at radius 1 is 0.955 bits per heavy atom. The van der Waals surface area contributed by atoms with E-state index in [1.54, 1.807) is 12.1 Å². The monoisotopic (exact) mass is 642 g/mol. The predicted molar refractivity (Wildman–Crippen MR) is 161 cm³/mol. The molecule has 44 heavy (non-hydrogen) atoms. The molecule has 0 radical (unpaired) electrons. The molecule has 12 heteroatoms. The molecule has 3 aromatic rings. The quantitative estimate of drug-likeness (QED) is 0.262. The minimum atomic E-state index is -4.06. The van der Waals surface area contributed by atoms with Crippen molar-refractivity contribution >= 4 is 16.0 Å². The van der Waals surface area contributed by atoms with Crippen LogP contribution in [-0.2, 0) is 21.4 Å².